The van der Waals surface area contributed by atoms with E-state index in [4.69, 9.17) is 38.4 Å². The van der Waals surface area contributed by atoms with Crippen LogP contribution in [0.25, 0.3) is 10.9 Å². The van der Waals surface area contributed by atoms with Crippen LogP contribution in [0.3, 0.4) is 0 Å². The van der Waals surface area contributed by atoms with Crippen molar-refractivity contribution < 1.29 is 19.1 Å². The fourth-order valence-electron chi connectivity index (χ4n) is 4.11. The van der Waals surface area contributed by atoms with Gasteiger partial charge in [-0.3, -0.25) is 9.59 Å². The first-order valence-electron chi connectivity index (χ1n) is 10.9. The average molecular weight is 518 g/mol. The van der Waals surface area contributed by atoms with E-state index < -0.39 is 6.04 Å². The Morgan fingerprint density at radius 2 is 2.00 bits per heavy atom. The molecule has 0 spiro atoms. The number of hydrogen-bond acceptors (Lipinski definition) is 7. The lowest BCUT2D eigenvalue weighted by atomic mass is 10.0. The minimum atomic E-state index is -0.777. The van der Waals surface area contributed by atoms with Gasteiger partial charge in [0.2, 0.25) is 5.91 Å². The van der Waals surface area contributed by atoms with Crippen LogP contribution in [0.15, 0.2) is 42.7 Å². The summed E-state index contributed by atoms with van der Waals surface area (Å²) in [6.45, 7) is 2.36. The molecule has 0 aliphatic carbocycles. The van der Waals surface area contributed by atoms with Crippen molar-refractivity contribution in [3.63, 3.8) is 0 Å². The maximum Gasteiger partial charge on any atom is 0.261 e. The number of nitrogens with zero attached hydrogens (tertiary/aromatic N) is 4. The van der Waals surface area contributed by atoms with Gasteiger partial charge in [-0.2, -0.15) is 0 Å². The van der Waals surface area contributed by atoms with Gasteiger partial charge in [0.25, 0.3) is 5.91 Å². The number of rotatable bonds is 7. The maximum atomic E-state index is 13.5. The second-order valence-corrected chi connectivity index (χ2v) is 9.15. The highest BCUT2D eigenvalue weighted by atomic mass is 35.5. The highest BCUT2D eigenvalue weighted by molar-refractivity contribution is 6.34. The topological polar surface area (TPSA) is 111 Å². The van der Waals surface area contributed by atoms with E-state index in [1.54, 1.807) is 17.0 Å². The number of nitrogen functional groups attached to an aromatic ring is 1. The molecule has 0 saturated carbocycles. The van der Waals surface area contributed by atoms with Gasteiger partial charge in [0.05, 0.1) is 17.1 Å². The second-order valence-electron chi connectivity index (χ2n) is 8.31. The lowest BCUT2D eigenvalue weighted by Gasteiger charge is -2.44. The van der Waals surface area contributed by atoms with Crippen molar-refractivity contribution >= 4 is 51.7 Å². The summed E-state index contributed by atoms with van der Waals surface area (Å²) in [5.74, 6) is 0.150. The van der Waals surface area contributed by atoms with Gasteiger partial charge >= 0.3 is 0 Å². The Morgan fingerprint density at radius 3 is 2.77 bits per heavy atom. The van der Waals surface area contributed by atoms with Gasteiger partial charge in [-0.25, -0.2) is 9.97 Å². The number of fused-ring (bicyclic) bond motifs is 1. The quantitative estimate of drug-likeness (QED) is 0.512. The molecule has 1 unspecified atom stereocenters. The Balaban J connectivity index is 1.49. The molecule has 0 bridgehead atoms. The Kier molecular flexibility index (Phi) is 7.59. The zero-order chi connectivity index (χ0) is 25.1. The first-order valence-corrected chi connectivity index (χ1v) is 11.7. The number of amides is 2. The van der Waals surface area contributed by atoms with E-state index in [2.05, 4.69) is 9.97 Å². The zero-order valence-electron chi connectivity index (χ0n) is 19.3. The molecule has 3 aromatic rings. The van der Waals surface area contributed by atoms with E-state index in [0.717, 1.165) is 10.9 Å². The Morgan fingerprint density at radius 1 is 1.20 bits per heavy atom. The summed E-state index contributed by atoms with van der Waals surface area (Å²) >= 11 is 12.1. The molecule has 2 atom stereocenters. The summed E-state index contributed by atoms with van der Waals surface area (Å²) in [4.78, 5) is 38.0. The van der Waals surface area contributed by atoms with Gasteiger partial charge in [-0.15, -0.1) is 0 Å². The summed E-state index contributed by atoms with van der Waals surface area (Å²) in [5, 5.41) is 1.53. The number of benzene rings is 2. The summed E-state index contributed by atoms with van der Waals surface area (Å²) in [5.41, 5.74) is 7.51. The van der Waals surface area contributed by atoms with Gasteiger partial charge < -0.3 is 25.0 Å². The third-order valence-electron chi connectivity index (χ3n) is 5.91. The number of halogens is 2. The standard InChI is InChI=1S/C24H25Cl2N5O4/c1-14-9-31(22(32)12-35-21-8-16(25)4-6-18(21)26)20(11-34-2)24(33)30(14)10-15-3-5-17-19(7-15)28-13-29-23(17)27/h3-8,13-14,20H,9-12H2,1-2H3,(H2,27,28,29)/t14?,20-/m1/s1. The van der Waals surface area contributed by atoms with E-state index in [9.17, 15) is 9.59 Å². The van der Waals surface area contributed by atoms with Crippen molar-refractivity contribution in [3.8, 4) is 5.75 Å². The normalized spacial score (nSPS) is 18.2. The molecule has 1 aliphatic rings. The molecule has 1 fully saturated rings. The van der Waals surface area contributed by atoms with Gasteiger partial charge in [-0.05, 0) is 36.8 Å². The number of anilines is 1. The first kappa shape index (κ1) is 25.0. The molecular formula is C24H25Cl2N5O4. The number of aromatic nitrogens is 2. The van der Waals surface area contributed by atoms with E-state index in [0.29, 0.717) is 40.2 Å². The molecule has 2 aromatic carbocycles. The summed E-state index contributed by atoms with van der Waals surface area (Å²) in [7, 11) is 1.49. The molecular weight excluding hydrogens is 493 g/mol. The van der Waals surface area contributed by atoms with Crippen molar-refractivity contribution in [2.45, 2.75) is 25.6 Å². The lowest BCUT2D eigenvalue weighted by molar-refractivity contribution is -0.159. The van der Waals surface area contributed by atoms with Crippen molar-refractivity contribution in [1.29, 1.82) is 0 Å². The van der Waals surface area contributed by atoms with Crippen LogP contribution in [0.4, 0.5) is 5.82 Å². The monoisotopic (exact) mass is 517 g/mol. The van der Waals surface area contributed by atoms with Crippen molar-refractivity contribution in [3.05, 3.63) is 58.3 Å². The largest absolute Gasteiger partial charge is 0.482 e. The van der Waals surface area contributed by atoms with Crippen LogP contribution in [-0.4, -0.2) is 70.5 Å². The van der Waals surface area contributed by atoms with Crippen LogP contribution in [0.2, 0.25) is 10.0 Å². The molecule has 1 aliphatic heterocycles. The number of hydrogen-bond donors (Lipinski definition) is 1. The molecule has 1 aromatic heterocycles. The maximum absolute atomic E-state index is 13.5. The fourth-order valence-corrected chi connectivity index (χ4v) is 4.44. The van der Waals surface area contributed by atoms with E-state index in [1.807, 2.05) is 25.1 Å². The SMILES string of the molecule is COC[C@@H]1C(=O)N(Cc2ccc3c(N)ncnc3c2)C(C)CN1C(=O)COc1cc(Cl)ccc1Cl. The smallest absolute Gasteiger partial charge is 0.261 e. The van der Waals surface area contributed by atoms with Crippen LogP contribution in [-0.2, 0) is 20.9 Å². The number of methoxy groups -OCH3 is 1. The third-order valence-corrected chi connectivity index (χ3v) is 6.46. The predicted molar refractivity (Wildman–Crippen MR) is 133 cm³/mol. The molecule has 2 N–H and O–H groups in total. The van der Waals surface area contributed by atoms with Crippen LogP contribution >= 0.6 is 23.2 Å². The van der Waals surface area contributed by atoms with Crippen LogP contribution < -0.4 is 10.5 Å². The number of carbonyl (C=O) groups is 2. The summed E-state index contributed by atoms with van der Waals surface area (Å²) < 4.78 is 10.9. The molecule has 184 valence electrons. The fraction of sp³-hybridized carbons (Fsp3) is 0.333. The van der Waals surface area contributed by atoms with Crippen molar-refractivity contribution in [2.24, 2.45) is 0 Å². The van der Waals surface area contributed by atoms with Crippen molar-refractivity contribution in [2.75, 3.05) is 32.6 Å². The summed E-state index contributed by atoms with van der Waals surface area (Å²) in [6, 6.07) is 9.38. The Hall–Kier alpha value is -3.14. The molecule has 9 nitrogen and oxygen atoms in total. The Bertz CT molecular complexity index is 1260. The van der Waals surface area contributed by atoms with Gasteiger partial charge in [0.15, 0.2) is 6.61 Å². The van der Waals surface area contributed by atoms with Crippen molar-refractivity contribution in [1.82, 2.24) is 19.8 Å². The van der Waals surface area contributed by atoms with Gasteiger partial charge in [-0.1, -0.05) is 29.3 Å². The predicted octanol–water partition coefficient (Wildman–Crippen LogP) is 3.17. The molecule has 35 heavy (non-hydrogen) atoms. The molecule has 1 saturated heterocycles. The minimum absolute atomic E-state index is 0.0627. The Labute approximate surface area is 212 Å². The highest BCUT2D eigenvalue weighted by Crippen LogP contribution is 2.28. The van der Waals surface area contributed by atoms with E-state index >= 15 is 0 Å². The molecule has 2 amide bonds. The third kappa shape index (κ3) is 5.42. The summed E-state index contributed by atoms with van der Waals surface area (Å²) in [6.07, 6.45) is 1.41. The van der Waals surface area contributed by atoms with Crippen LogP contribution in [0, 0.1) is 0 Å². The molecule has 2 heterocycles. The lowest BCUT2D eigenvalue weighted by Crippen LogP contribution is -2.63. The first-order chi connectivity index (χ1) is 16.8. The minimum Gasteiger partial charge on any atom is -0.482 e. The average Bonchev–Trinajstić information content (AvgIpc) is 2.84. The molecule has 11 heteroatoms. The second kappa shape index (κ2) is 10.6. The van der Waals surface area contributed by atoms with E-state index in [-0.39, 0.29) is 31.1 Å². The highest BCUT2D eigenvalue weighted by Gasteiger charge is 2.41. The number of carbonyl (C=O) groups excluding carboxylic acids is 2. The number of piperazine rings is 1. The van der Waals surface area contributed by atoms with Crippen LogP contribution in [0.1, 0.15) is 12.5 Å². The zero-order valence-corrected chi connectivity index (χ0v) is 20.8. The van der Waals surface area contributed by atoms with Gasteiger partial charge in [0.1, 0.15) is 23.9 Å². The van der Waals surface area contributed by atoms with Gasteiger partial charge in [0, 0.05) is 42.7 Å². The number of ether oxygens (including phenoxy) is 2. The van der Waals surface area contributed by atoms with E-state index in [1.165, 1.54) is 24.4 Å². The molecule has 0 radical (unpaired) electrons. The molecule has 4 rings (SSSR count). The van der Waals surface area contributed by atoms with Crippen LogP contribution in [0.5, 0.6) is 5.75 Å². The number of nitrogens with two attached hydrogens (primary N) is 1.